The zero-order chi connectivity index (χ0) is 24.4. The lowest BCUT2D eigenvalue weighted by Crippen LogP contribution is -2.59. The molecule has 1 heterocycles. The summed E-state index contributed by atoms with van der Waals surface area (Å²) < 4.78 is 17.9. The van der Waals surface area contributed by atoms with Crippen LogP contribution in [0.2, 0.25) is 10.0 Å². The van der Waals surface area contributed by atoms with Gasteiger partial charge < -0.3 is 19.1 Å². The summed E-state index contributed by atoms with van der Waals surface area (Å²) in [7, 11) is 0. The van der Waals surface area contributed by atoms with Gasteiger partial charge in [0.15, 0.2) is 4.90 Å². The summed E-state index contributed by atoms with van der Waals surface area (Å²) in [5.41, 5.74) is 1.46. The van der Waals surface area contributed by atoms with Crippen molar-refractivity contribution in [3.63, 3.8) is 0 Å². The summed E-state index contributed by atoms with van der Waals surface area (Å²) in [5, 5.41) is 0.887. The second kappa shape index (κ2) is 10.8. The summed E-state index contributed by atoms with van der Waals surface area (Å²) in [5.74, 6) is -0.864. The molecule has 0 spiro atoms. The molecule has 2 fully saturated rings. The number of hydrogen-bond acceptors (Lipinski definition) is 5. The molecule has 4 rings (SSSR count). The van der Waals surface area contributed by atoms with Gasteiger partial charge in [-0.3, -0.25) is 4.79 Å². The highest BCUT2D eigenvalue weighted by Gasteiger charge is 2.34. The van der Waals surface area contributed by atoms with E-state index in [-0.39, 0.29) is 34.9 Å². The largest absolute Gasteiger partial charge is 0.611 e. The Kier molecular flexibility index (Phi) is 7.97. The van der Waals surface area contributed by atoms with E-state index in [0.717, 1.165) is 24.9 Å². The van der Waals surface area contributed by atoms with Gasteiger partial charge in [0.2, 0.25) is 5.75 Å². The topological polar surface area (TPSA) is 72.9 Å². The molecule has 1 saturated carbocycles. The van der Waals surface area contributed by atoms with Crippen LogP contribution in [0.4, 0.5) is 5.69 Å². The van der Waals surface area contributed by atoms with Crippen molar-refractivity contribution >= 4 is 51.9 Å². The van der Waals surface area contributed by atoms with Crippen molar-refractivity contribution in [2.24, 2.45) is 0 Å². The molecule has 2 aromatic carbocycles. The number of amides is 1. The minimum absolute atomic E-state index is 0.0471. The molecule has 2 aliphatic rings. The van der Waals surface area contributed by atoms with Gasteiger partial charge >= 0.3 is 5.97 Å². The Balaban J connectivity index is 1.41. The highest BCUT2D eigenvalue weighted by molar-refractivity contribution is 7.92. The maximum atomic E-state index is 13.3. The molecule has 0 bridgehead atoms. The number of hydrogen-bond donors (Lipinski definition) is 0. The monoisotopic (exact) mass is 522 g/mol. The van der Waals surface area contributed by atoms with Crippen molar-refractivity contribution in [3.05, 3.63) is 58.1 Å². The van der Waals surface area contributed by atoms with Gasteiger partial charge in [-0.1, -0.05) is 29.3 Å². The molecule has 2 aromatic rings. The first kappa shape index (κ1) is 25.2. The number of piperazine rings is 1. The maximum Gasteiger partial charge on any atom is 0.357 e. The Hall–Kier alpha value is -1.93. The van der Waals surface area contributed by atoms with E-state index in [2.05, 4.69) is 11.8 Å². The van der Waals surface area contributed by atoms with Gasteiger partial charge in [-0.25, -0.2) is 4.79 Å². The summed E-state index contributed by atoms with van der Waals surface area (Å²) in [6.45, 7) is 5.34. The van der Waals surface area contributed by atoms with Crippen LogP contribution < -0.4 is 4.90 Å². The van der Waals surface area contributed by atoms with Crippen LogP contribution in [0.1, 0.15) is 43.5 Å². The average Bonchev–Trinajstić information content (AvgIpc) is 2.77. The van der Waals surface area contributed by atoms with Crippen molar-refractivity contribution < 1.29 is 18.9 Å². The highest BCUT2D eigenvalue weighted by atomic mass is 35.5. The third-order valence-corrected chi connectivity index (χ3v) is 8.69. The van der Waals surface area contributed by atoms with Crippen molar-refractivity contribution in [1.82, 2.24) is 4.90 Å². The molecule has 1 aliphatic heterocycles. The van der Waals surface area contributed by atoms with Gasteiger partial charge in [-0.2, -0.15) is 0 Å². The molecule has 0 radical (unpaired) electrons. The number of carbonyl (C=O) groups is 2. The van der Waals surface area contributed by atoms with Crippen molar-refractivity contribution in [2.75, 3.05) is 23.7 Å². The van der Waals surface area contributed by atoms with Gasteiger partial charge in [0.1, 0.15) is 6.10 Å². The third-order valence-electron chi connectivity index (χ3n) is 6.69. The zero-order valence-electron chi connectivity index (χ0n) is 19.2. The molecule has 1 amide bonds. The molecule has 3 atom stereocenters. The summed E-state index contributed by atoms with van der Waals surface area (Å²) in [6.07, 6.45) is 2.72. The van der Waals surface area contributed by atoms with E-state index in [1.807, 2.05) is 36.1 Å². The van der Waals surface area contributed by atoms with Crippen LogP contribution in [0, 0.1) is 0 Å². The van der Waals surface area contributed by atoms with Crippen LogP contribution in [0.3, 0.4) is 0 Å². The first-order chi connectivity index (χ1) is 16.2. The lowest BCUT2D eigenvalue weighted by Gasteiger charge is -2.46. The molecule has 0 aromatic heterocycles. The van der Waals surface area contributed by atoms with Crippen LogP contribution in [0.15, 0.2) is 47.4 Å². The van der Waals surface area contributed by atoms with E-state index in [4.69, 9.17) is 27.9 Å². The van der Waals surface area contributed by atoms with Gasteiger partial charge in [-0.15, -0.1) is 0 Å². The SMILES string of the molecule is C[C@H]1[C@H](C)N(c2cccc(Cl)c2)CCN1C(=O)c1ccc([S+]([O-])CC(=O)OC2CCC2)c(Cl)c1. The fourth-order valence-electron chi connectivity index (χ4n) is 4.33. The van der Waals surface area contributed by atoms with Crippen LogP contribution in [-0.4, -0.2) is 58.4 Å². The van der Waals surface area contributed by atoms with E-state index in [1.54, 1.807) is 12.1 Å². The minimum atomic E-state index is -1.64. The fourth-order valence-corrected chi connectivity index (χ4v) is 5.88. The van der Waals surface area contributed by atoms with Crippen molar-refractivity contribution in [2.45, 2.75) is 56.2 Å². The van der Waals surface area contributed by atoms with Gasteiger partial charge in [0.25, 0.3) is 5.91 Å². The summed E-state index contributed by atoms with van der Waals surface area (Å²) in [4.78, 5) is 29.7. The Morgan fingerprint density at radius 2 is 1.85 bits per heavy atom. The molecule has 0 N–H and O–H groups in total. The second-order valence-corrected chi connectivity index (χ2v) is 11.1. The lowest BCUT2D eigenvalue weighted by atomic mass is 9.96. The number of ether oxygens (including phenoxy) is 1. The number of esters is 1. The average molecular weight is 523 g/mol. The Bertz CT molecular complexity index is 1060. The van der Waals surface area contributed by atoms with Gasteiger partial charge in [-0.05, 0) is 80.7 Å². The molecule has 1 saturated heterocycles. The van der Waals surface area contributed by atoms with E-state index < -0.39 is 17.1 Å². The molecule has 182 valence electrons. The van der Waals surface area contributed by atoms with E-state index >= 15 is 0 Å². The Labute approximate surface area is 213 Å². The number of anilines is 1. The molecule has 1 aliphatic carbocycles. The van der Waals surface area contributed by atoms with Crippen molar-refractivity contribution in [1.29, 1.82) is 0 Å². The smallest absolute Gasteiger partial charge is 0.357 e. The van der Waals surface area contributed by atoms with Crippen molar-refractivity contribution in [3.8, 4) is 0 Å². The molecular weight excluding hydrogens is 495 g/mol. The number of carbonyl (C=O) groups excluding carboxylic acids is 2. The van der Waals surface area contributed by atoms with Crippen LogP contribution in [-0.2, 0) is 20.7 Å². The lowest BCUT2D eigenvalue weighted by molar-refractivity contribution is -0.149. The Morgan fingerprint density at radius 3 is 2.50 bits per heavy atom. The van der Waals surface area contributed by atoms with Crippen LogP contribution in [0.5, 0.6) is 0 Å². The minimum Gasteiger partial charge on any atom is -0.611 e. The summed E-state index contributed by atoms with van der Waals surface area (Å²) in [6, 6.07) is 12.5. The molecule has 1 unspecified atom stereocenters. The fraction of sp³-hybridized carbons (Fsp3) is 0.440. The molecule has 9 heteroatoms. The first-order valence-electron chi connectivity index (χ1n) is 11.4. The molecular formula is C25H28Cl2N2O4S. The zero-order valence-corrected chi connectivity index (χ0v) is 21.5. The first-order valence-corrected chi connectivity index (χ1v) is 13.5. The molecule has 6 nitrogen and oxygen atoms in total. The van der Waals surface area contributed by atoms with Gasteiger partial charge in [0.05, 0.1) is 5.02 Å². The number of halogens is 2. The number of rotatable bonds is 6. The van der Waals surface area contributed by atoms with E-state index in [0.29, 0.717) is 28.6 Å². The standard InChI is InChI=1S/C25H28Cl2N2O4S/c1-16-17(2)29(12-11-28(16)20-6-3-5-19(26)14-20)25(31)18-9-10-23(22(27)13-18)34(32)15-24(30)33-21-7-4-8-21/h3,5-6,9-10,13-14,16-17,21H,4,7-8,11-12,15H2,1-2H3/t16-,17-,34?/m0/s1. The quantitative estimate of drug-likeness (QED) is 0.397. The number of nitrogens with zero attached hydrogens (tertiary/aromatic N) is 2. The van der Waals surface area contributed by atoms with E-state index in [9.17, 15) is 14.1 Å². The molecule has 34 heavy (non-hydrogen) atoms. The maximum absolute atomic E-state index is 13.3. The van der Waals surface area contributed by atoms with E-state index in [1.165, 1.54) is 6.07 Å². The highest BCUT2D eigenvalue weighted by Crippen LogP contribution is 2.29. The third kappa shape index (κ3) is 5.48. The van der Waals surface area contributed by atoms with Crippen LogP contribution >= 0.6 is 23.2 Å². The predicted octanol–water partition coefficient (Wildman–Crippen LogP) is 4.94. The van der Waals surface area contributed by atoms with Crippen LogP contribution in [0.25, 0.3) is 0 Å². The van der Waals surface area contributed by atoms with Gasteiger partial charge in [0, 0.05) is 41.4 Å². The second-order valence-electron chi connectivity index (χ2n) is 8.83. The Morgan fingerprint density at radius 1 is 1.09 bits per heavy atom. The predicted molar refractivity (Wildman–Crippen MR) is 135 cm³/mol. The number of benzene rings is 2. The normalized spacial score (nSPS) is 21.7. The summed E-state index contributed by atoms with van der Waals surface area (Å²) >= 11 is 10.9.